The van der Waals surface area contributed by atoms with E-state index in [-0.39, 0.29) is 5.75 Å². The minimum Gasteiger partial charge on any atom is -0.508 e. The standard InChI is InChI=1S/C16H15Cl3O3/c17-11-3-5-13(6-4-11)21-7-1-2-8-22-16-14(18)9-12(20)10-15(16)19/h3-6,9-10,20H,1-2,7-8H2. The zero-order valence-electron chi connectivity index (χ0n) is 11.7. The number of unbranched alkanes of at least 4 members (excludes halogenated alkanes) is 1. The fraction of sp³-hybridized carbons (Fsp3) is 0.250. The van der Waals surface area contributed by atoms with E-state index in [1.165, 1.54) is 12.1 Å². The van der Waals surface area contributed by atoms with Crippen molar-refractivity contribution in [2.24, 2.45) is 0 Å². The molecule has 0 aliphatic rings. The number of benzene rings is 2. The summed E-state index contributed by atoms with van der Waals surface area (Å²) in [6.07, 6.45) is 1.62. The second-order valence-corrected chi connectivity index (χ2v) is 5.85. The van der Waals surface area contributed by atoms with Gasteiger partial charge < -0.3 is 14.6 Å². The van der Waals surface area contributed by atoms with Crippen molar-refractivity contribution in [3.63, 3.8) is 0 Å². The molecule has 0 amide bonds. The van der Waals surface area contributed by atoms with Gasteiger partial charge in [-0.2, -0.15) is 0 Å². The number of halogens is 3. The van der Waals surface area contributed by atoms with Crippen LogP contribution in [-0.2, 0) is 0 Å². The Kier molecular flexibility index (Phi) is 6.49. The number of phenolic OH excluding ortho intramolecular Hbond substituents is 1. The highest BCUT2D eigenvalue weighted by Gasteiger charge is 2.09. The van der Waals surface area contributed by atoms with Gasteiger partial charge in [-0.15, -0.1) is 0 Å². The Bertz CT molecular complexity index is 592. The summed E-state index contributed by atoms with van der Waals surface area (Å²) in [5.41, 5.74) is 0. The molecule has 0 fully saturated rings. The van der Waals surface area contributed by atoms with Crippen molar-refractivity contribution in [3.8, 4) is 17.2 Å². The van der Waals surface area contributed by atoms with Crippen molar-refractivity contribution in [3.05, 3.63) is 51.5 Å². The summed E-state index contributed by atoms with van der Waals surface area (Å²) < 4.78 is 11.1. The predicted octanol–water partition coefficient (Wildman–Crippen LogP) is 5.59. The van der Waals surface area contributed by atoms with Gasteiger partial charge in [-0.1, -0.05) is 34.8 Å². The number of phenols is 1. The molecule has 0 bridgehead atoms. The molecule has 6 heteroatoms. The molecule has 0 unspecified atom stereocenters. The average Bonchev–Trinajstić information content (AvgIpc) is 2.46. The van der Waals surface area contributed by atoms with E-state index in [0.717, 1.165) is 18.6 Å². The minimum absolute atomic E-state index is 0.0127. The van der Waals surface area contributed by atoms with Crippen molar-refractivity contribution >= 4 is 34.8 Å². The lowest BCUT2D eigenvalue weighted by atomic mass is 10.3. The molecule has 2 aromatic rings. The maximum Gasteiger partial charge on any atom is 0.156 e. The topological polar surface area (TPSA) is 38.7 Å². The molecule has 0 aromatic heterocycles. The molecule has 2 rings (SSSR count). The van der Waals surface area contributed by atoms with E-state index in [2.05, 4.69) is 0 Å². The van der Waals surface area contributed by atoms with E-state index in [9.17, 15) is 5.11 Å². The third-order valence-corrected chi connectivity index (χ3v) is 3.66. The summed E-state index contributed by atoms with van der Waals surface area (Å²) in [6.45, 7) is 1.05. The van der Waals surface area contributed by atoms with Crippen LogP contribution in [0.4, 0.5) is 0 Å². The van der Waals surface area contributed by atoms with Gasteiger partial charge in [-0.3, -0.25) is 0 Å². The molecular weight excluding hydrogens is 347 g/mol. The van der Waals surface area contributed by atoms with Crippen LogP contribution < -0.4 is 9.47 Å². The molecule has 0 saturated heterocycles. The molecule has 22 heavy (non-hydrogen) atoms. The Morgan fingerprint density at radius 3 is 1.95 bits per heavy atom. The van der Waals surface area contributed by atoms with Gasteiger partial charge in [0, 0.05) is 17.2 Å². The quantitative estimate of drug-likeness (QED) is 0.653. The Labute approximate surface area is 144 Å². The highest BCUT2D eigenvalue weighted by Crippen LogP contribution is 2.36. The summed E-state index contributed by atoms with van der Waals surface area (Å²) >= 11 is 17.7. The van der Waals surface area contributed by atoms with E-state index in [1.807, 2.05) is 12.1 Å². The summed E-state index contributed by atoms with van der Waals surface area (Å²) in [5, 5.41) is 10.6. The lowest BCUT2D eigenvalue weighted by molar-refractivity contribution is 0.266. The molecule has 0 aliphatic carbocycles. The van der Waals surface area contributed by atoms with E-state index < -0.39 is 0 Å². The monoisotopic (exact) mass is 360 g/mol. The Morgan fingerprint density at radius 1 is 0.818 bits per heavy atom. The fourth-order valence-corrected chi connectivity index (χ4v) is 2.49. The van der Waals surface area contributed by atoms with Crippen LogP contribution in [-0.4, -0.2) is 18.3 Å². The van der Waals surface area contributed by atoms with Gasteiger partial charge in [0.25, 0.3) is 0 Å². The summed E-state index contributed by atoms with van der Waals surface area (Å²) in [5.74, 6) is 1.19. The number of ether oxygens (including phenoxy) is 2. The second kappa shape index (κ2) is 8.37. The summed E-state index contributed by atoms with van der Waals surface area (Å²) in [6, 6.07) is 10.0. The molecule has 0 radical (unpaired) electrons. The molecule has 0 atom stereocenters. The molecule has 0 heterocycles. The lowest BCUT2D eigenvalue weighted by Crippen LogP contribution is -2.03. The van der Waals surface area contributed by atoms with E-state index in [1.54, 1.807) is 12.1 Å². The fourth-order valence-electron chi connectivity index (χ4n) is 1.78. The highest BCUT2D eigenvalue weighted by atomic mass is 35.5. The van der Waals surface area contributed by atoms with Crippen LogP contribution in [0, 0.1) is 0 Å². The van der Waals surface area contributed by atoms with Crippen molar-refractivity contribution in [2.45, 2.75) is 12.8 Å². The molecule has 2 aromatic carbocycles. The van der Waals surface area contributed by atoms with Gasteiger partial charge in [0.05, 0.1) is 23.3 Å². The van der Waals surface area contributed by atoms with Crippen LogP contribution in [0.3, 0.4) is 0 Å². The largest absolute Gasteiger partial charge is 0.508 e. The van der Waals surface area contributed by atoms with Crippen molar-refractivity contribution in [2.75, 3.05) is 13.2 Å². The zero-order chi connectivity index (χ0) is 15.9. The first kappa shape index (κ1) is 17.1. The first-order valence-corrected chi connectivity index (χ1v) is 7.89. The molecular formula is C16H15Cl3O3. The Balaban J connectivity index is 1.68. The van der Waals surface area contributed by atoms with E-state index in [0.29, 0.717) is 34.0 Å². The SMILES string of the molecule is Oc1cc(Cl)c(OCCCCOc2ccc(Cl)cc2)c(Cl)c1. The van der Waals surface area contributed by atoms with Crippen LogP contribution >= 0.6 is 34.8 Å². The van der Waals surface area contributed by atoms with Gasteiger partial charge in [0.15, 0.2) is 5.75 Å². The van der Waals surface area contributed by atoms with Gasteiger partial charge >= 0.3 is 0 Å². The van der Waals surface area contributed by atoms with Crippen LogP contribution in [0.1, 0.15) is 12.8 Å². The van der Waals surface area contributed by atoms with E-state index >= 15 is 0 Å². The number of hydrogen-bond acceptors (Lipinski definition) is 3. The third-order valence-electron chi connectivity index (χ3n) is 2.85. The van der Waals surface area contributed by atoms with Crippen molar-refractivity contribution < 1.29 is 14.6 Å². The Morgan fingerprint density at radius 2 is 1.36 bits per heavy atom. The van der Waals surface area contributed by atoms with Gasteiger partial charge in [0.2, 0.25) is 0 Å². The summed E-state index contributed by atoms with van der Waals surface area (Å²) in [4.78, 5) is 0. The Hall–Kier alpha value is -1.29. The zero-order valence-corrected chi connectivity index (χ0v) is 14.0. The molecule has 0 spiro atoms. The van der Waals surface area contributed by atoms with Gasteiger partial charge in [0.1, 0.15) is 11.5 Å². The molecule has 3 nitrogen and oxygen atoms in total. The first-order valence-electron chi connectivity index (χ1n) is 6.75. The minimum atomic E-state index is 0.0127. The van der Waals surface area contributed by atoms with Crippen molar-refractivity contribution in [1.29, 1.82) is 0 Å². The predicted molar refractivity (Wildman–Crippen MR) is 89.8 cm³/mol. The second-order valence-electron chi connectivity index (χ2n) is 4.60. The number of aromatic hydroxyl groups is 1. The number of hydrogen-bond donors (Lipinski definition) is 1. The van der Waals surface area contributed by atoms with Gasteiger partial charge in [-0.25, -0.2) is 0 Å². The van der Waals surface area contributed by atoms with E-state index in [4.69, 9.17) is 44.3 Å². The van der Waals surface area contributed by atoms with Crippen molar-refractivity contribution in [1.82, 2.24) is 0 Å². The maximum atomic E-state index is 9.34. The smallest absolute Gasteiger partial charge is 0.156 e. The number of rotatable bonds is 7. The maximum absolute atomic E-state index is 9.34. The third kappa shape index (κ3) is 5.16. The van der Waals surface area contributed by atoms with Gasteiger partial charge in [-0.05, 0) is 37.1 Å². The lowest BCUT2D eigenvalue weighted by Gasteiger charge is -2.10. The molecule has 0 aliphatic heterocycles. The average molecular weight is 362 g/mol. The normalized spacial score (nSPS) is 10.5. The molecule has 118 valence electrons. The molecule has 0 saturated carbocycles. The van der Waals surface area contributed by atoms with Crippen LogP contribution in [0.5, 0.6) is 17.2 Å². The van der Waals surface area contributed by atoms with Crippen LogP contribution in [0.2, 0.25) is 15.1 Å². The highest BCUT2D eigenvalue weighted by molar-refractivity contribution is 6.37. The van der Waals surface area contributed by atoms with Crippen LogP contribution in [0.15, 0.2) is 36.4 Å². The summed E-state index contributed by atoms with van der Waals surface area (Å²) in [7, 11) is 0. The molecule has 1 N–H and O–H groups in total. The first-order chi connectivity index (χ1) is 10.6. The van der Waals surface area contributed by atoms with Crippen LogP contribution in [0.25, 0.3) is 0 Å².